The number of imide groups is 1. The van der Waals surface area contributed by atoms with Gasteiger partial charge in [-0.15, -0.1) is 5.10 Å². The highest BCUT2D eigenvalue weighted by atomic mass is 32.2. The van der Waals surface area contributed by atoms with Crippen molar-refractivity contribution in [2.75, 3.05) is 30.5 Å². The maximum atomic E-state index is 12.7. The molecule has 0 spiro atoms. The fourth-order valence-electron chi connectivity index (χ4n) is 3.01. The van der Waals surface area contributed by atoms with E-state index < -0.39 is 5.25 Å². The molecule has 1 atom stereocenters. The Morgan fingerprint density at radius 3 is 2.48 bits per heavy atom. The predicted molar refractivity (Wildman–Crippen MR) is 126 cm³/mol. The SMILES string of the molecule is CCOc1ccc(N2C(=O)C[C@H](SC(N)=N/N=C\c3ccc(N(C)C)cc3)C2=O)cc1. The molecule has 0 aromatic heterocycles. The molecule has 0 bridgehead atoms. The smallest absolute Gasteiger partial charge is 0.247 e. The van der Waals surface area contributed by atoms with E-state index in [1.807, 2.05) is 50.2 Å². The number of carbonyl (C=O) groups excluding carboxylic acids is 2. The Labute approximate surface area is 185 Å². The number of nitrogens with zero attached hydrogens (tertiary/aromatic N) is 4. The molecule has 8 nitrogen and oxygen atoms in total. The van der Waals surface area contributed by atoms with Crippen LogP contribution in [0, 0.1) is 0 Å². The zero-order valence-corrected chi connectivity index (χ0v) is 18.5. The van der Waals surface area contributed by atoms with Crippen LogP contribution in [0.1, 0.15) is 18.9 Å². The zero-order valence-electron chi connectivity index (χ0n) is 17.7. The van der Waals surface area contributed by atoms with E-state index in [4.69, 9.17) is 10.5 Å². The summed E-state index contributed by atoms with van der Waals surface area (Å²) in [5, 5.41) is 7.43. The van der Waals surface area contributed by atoms with Gasteiger partial charge in [-0.1, -0.05) is 23.9 Å². The molecule has 9 heteroatoms. The molecule has 1 aliphatic rings. The molecule has 0 radical (unpaired) electrons. The summed E-state index contributed by atoms with van der Waals surface area (Å²) in [6.45, 7) is 2.43. The highest BCUT2D eigenvalue weighted by Gasteiger charge is 2.40. The summed E-state index contributed by atoms with van der Waals surface area (Å²) in [4.78, 5) is 28.3. The van der Waals surface area contributed by atoms with Gasteiger partial charge in [0.2, 0.25) is 11.8 Å². The molecule has 2 N–H and O–H groups in total. The Morgan fingerprint density at radius 2 is 1.87 bits per heavy atom. The molecule has 162 valence electrons. The van der Waals surface area contributed by atoms with Gasteiger partial charge in [0.1, 0.15) is 11.0 Å². The van der Waals surface area contributed by atoms with Crippen LogP contribution in [-0.4, -0.2) is 49.1 Å². The Hall–Kier alpha value is -3.33. The molecule has 2 amide bonds. The van der Waals surface area contributed by atoms with E-state index in [9.17, 15) is 9.59 Å². The third-order valence-corrected chi connectivity index (χ3v) is 5.52. The minimum absolute atomic E-state index is 0.0582. The minimum atomic E-state index is -0.627. The normalized spacial score (nSPS) is 16.9. The first-order valence-corrected chi connectivity index (χ1v) is 10.7. The van der Waals surface area contributed by atoms with E-state index in [1.165, 1.54) is 4.90 Å². The number of benzene rings is 2. The highest BCUT2D eigenvalue weighted by molar-refractivity contribution is 8.14. The van der Waals surface area contributed by atoms with Gasteiger partial charge < -0.3 is 15.4 Å². The molecule has 1 heterocycles. The molecule has 0 saturated carbocycles. The third kappa shape index (κ3) is 5.64. The zero-order chi connectivity index (χ0) is 22.4. The summed E-state index contributed by atoms with van der Waals surface area (Å²) in [5.41, 5.74) is 8.39. The van der Waals surface area contributed by atoms with E-state index in [1.54, 1.807) is 30.5 Å². The van der Waals surface area contributed by atoms with E-state index in [0.717, 1.165) is 23.0 Å². The van der Waals surface area contributed by atoms with Crippen molar-refractivity contribution in [2.24, 2.45) is 15.9 Å². The van der Waals surface area contributed by atoms with Crippen LogP contribution < -0.4 is 20.3 Å². The van der Waals surface area contributed by atoms with Gasteiger partial charge in [0.15, 0.2) is 5.17 Å². The van der Waals surface area contributed by atoms with Gasteiger partial charge in [0, 0.05) is 26.2 Å². The molecule has 0 unspecified atom stereocenters. The van der Waals surface area contributed by atoms with Crippen LogP contribution in [0.2, 0.25) is 0 Å². The number of ether oxygens (including phenoxy) is 1. The molecular formula is C22H25N5O3S. The Morgan fingerprint density at radius 1 is 1.19 bits per heavy atom. The molecule has 2 aromatic rings. The van der Waals surface area contributed by atoms with Crippen LogP contribution in [0.4, 0.5) is 11.4 Å². The van der Waals surface area contributed by atoms with Crippen molar-refractivity contribution in [3.63, 3.8) is 0 Å². The molecule has 31 heavy (non-hydrogen) atoms. The van der Waals surface area contributed by atoms with Gasteiger partial charge in [0.05, 0.1) is 18.5 Å². The van der Waals surface area contributed by atoms with Crippen molar-refractivity contribution in [3.8, 4) is 5.75 Å². The minimum Gasteiger partial charge on any atom is -0.494 e. The summed E-state index contributed by atoms with van der Waals surface area (Å²) in [6, 6.07) is 14.6. The number of amidine groups is 1. The Balaban J connectivity index is 1.61. The first-order valence-electron chi connectivity index (χ1n) is 9.79. The van der Waals surface area contributed by atoms with Crippen molar-refractivity contribution in [1.29, 1.82) is 0 Å². The lowest BCUT2D eigenvalue weighted by molar-refractivity contribution is -0.121. The highest BCUT2D eigenvalue weighted by Crippen LogP contribution is 2.30. The molecular weight excluding hydrogens is 414 g/mol. The van der Waals surface area contributed by atoms with E-state index in [2.05, 4.69) is 10.2 Å². The molecule has 2 aromatic carbocycles. The summed E-state index contributed by atoms with van der Waals surface area (Å²) in [5.74, 6) is 0.0892. The van der Waals surface area contributed by atoms with Crippen LogP contribution in [0.3, 0.4) is 0 Å². The molecule has 1 saturated heterocycles. The maximum Gasteiger partial charge on any atom is 0.247 e. The number of nitrogens with two attached hydrogens (primary N) is 1. The van der Waals surface area contributed by atoms with Crippen molar-refractivity contribution < 1.29 is 14.3 Å². The second-order valence-corrected chi connectivity index (χ2v) is 8.20. The number of hydrogen-bond acceptors (Lipinski definition) is 7. The second-order valence-electron chi connectivity index (χ2n) is 6.97. The number of anilines is 2. The summed E-state index contributed by atoms with van der Waals surface area (Å²) in [7, 11) is 3.94. The lowest BCUT2D eigenvalue weighted by Crippen LogP contribution is -2.31. The van der Waals surface area contributed by atoms with Crippen molar-refractivity contribution >= 4 is 46.3 Å². The standard InChI is InChI=1S/C22H25N5O3S/c1-4-30-18-11-9-17(10-12-18)27-20(28)13-19(21(27)29)31-22(23)25-24-14-15-5-7-16(8-6-15)26(2)3/h5-12,14,19H,4,13H2,1-3H3,(H2,23,25)/b24-14-/t19-/m0/s1. The van der Waals surface area contributed by atoms with Gasteiger partial charge in [-0.05, 0) is 48.9 Å². The van der Waals surface area contributed by atoms with Gasteiger partial charge in [-0.2, -0.15) is 5.10 Å². The molecule has 1 fully saturated rings. The fourth-order valence-corrected chi connectivity index (χ4v) is 3.82. The second kappa shape index (κ2) is 10.1. The van der Waals surface area contributed by atoms with Crippen LogP contribution in [0.5, 0.6) is 5.75 Å². The quantitative estimate of drug-likeness (QED) is 0.308. The van der Waals surface area contributed by atoms with Crippen LogP contribution in [0.15, 0.2) is 58.7 Å². The average molecular weight is 440 g/mol. The first-order chi connectivity index (χ1) is 14.9. The van der Waals surface area contributed by atoms with Gasteiger partial charge in [0.25, 0.3) is 0 Å². The van der Waals surface area contributed by atoms with Gasteiger partial charge in [-0.25, -0.2) is 4.90 Å². The van der Waals surface area contributed by atoms with Gasteiger partial charge >= 0.3 is 0 Å². The van der Waals surface area contributed by atoms with Crippen molar-refractivity contribution in [2.45, 2.75) is 18.6 Å². The number of rotatable bonds is 7. The van der Waals surface area contributed by atoms with Crippen molar-refractivity contribution in [3.05, 3.63) is 54.1 Å². The topological polar surface area (TPSA) is 101 Å². The Bertz CT molecular complexity index is 987. The Kier molecular flexibility index (Phi) is 7.30. The number of thioether (sulfide) groups is 1. The maximum absolute atomic E-state index is 12.7. The predicted octanol–water partition coefficient (Wildman–Crippen LogP) is 2.87. The van der Waals surface area contributed by atoms with E-state index >= 15 is 0 Å². The summed E-state index contributed by atoms with van der Waals surface area (Å²) in [6.07, 6.45) is 1.64. The molecule has 3 rings (SSSR count). The average Bonchev–Trinajstić information content (AvgIpc) is 3.02. The molecule has 1 aliphatic heterocycles. The van der Waals surface area contributed by atoms with Crippen molar-refractivity contribution in [1.82, 2.24) is 0 Å². The van der Waals surface area contributed by atoms with Gasteiger partial charge in [-0.3, -0.25) is 9.59 Å². The monoisotopic (exact) mass is 439 g/mol. The summed E-state index contributed by atoms with van der Waals surface area (Å²) >= 11 is 1.04. The number of amides is 2. The lowest BCUT2D eigenvalue weighted by atomic mass is 10.2. The van der Waals surface area contributed by atoms with E-state index in [0.29, 0.717) is 18.0 Å². The number of hydrogen-bond donors (Lipinski definition) is 1. The van der Waals surface area contributed by atoms with E-state index in [-0.39, 0.29) is 23.4 Å². The summed E-state index contributed by atoms with van der Waals surface area (Å²) < 4.78 is 5.40. The largest absolute Gasteiger partial charge is 0.494 e. The lowest BCUT2D eigenvalue weighted by Gasteiger charge is -2.15. The first kappa shape index (κ1) is 22.4. The molecule has 0 aliphatic carbocycles. The van der Waals surface area contributed by atoms with Crippen LogP contribution in [-0.2, 0) is 9.59 Å². The number of carbonyl (C=O) groups is 2. The fraction of sp³-hybridized carbons (Fsp3) is 0.273. The van der Waals surface area contributed by atoms with Crippen LogP contribution in [0.25, 0.3) is 0 Å². The third-order valence-electron chi connectivity index (χ3n) is 4.55. The van der Waals surface area contributed by atoms with Crippen LogP contribution >= 0.6 is 11.8 Å².